The summed E-state index contributed by atoms with van der Waals surface area (Å²) < 4.78 is 6.64. The molecule has 2 aromatic rings. The van der Waals surface area contributed by atoms with E-state index in [-0.39, 0.29) is 17.8 Å². The van der Waals surface area contributed by atoms with Gasteiger partial charge in [-0.25, -0.2) is 4.79 Å². The fourth-order valence-electron chi connectivity index (χ4n) is 4.50. The summed E-state index contributed by atoms with van der Waals surface area (Å²) in [6.45, 7) is 6.29. The second-order valence-electron chi connectivity index (χ2n) is 9.04. The summed E-state index contributed by atoms with van der Waals surface area (Å²) in [5.74, 6) is -0.741. The Labute approximate surface area is 191 Å². The minimum atomic E-state index is -0.434. The van der Waals surface area contributed by atoms with Gasteiger partial charge in [0.25, 0.3) is 0 Å². The van der Waals surface area contributed by atoms with E-state index in [1.807, 2.05) is 61.5 Å². The minimum absolute atomic E-state index is 0.0903. The maximum absolute atomic E-state index is 13.3. The number of allylic oxidation sites excluding steroid dienone is 3. The number of ketones is 1. The largest absolute Gasteiger partial charge is 0.457 e. The molecule has 0 fully saturated rings. The van der Waals surface area contributed by atoms with Gasteiger partial charge in [-0.2, -0.15) is 0 Å². The van der Waals surface area contributed by atoms with Crippen LogP contribution in [0.2, 0.25) is 0 Å². The van der Waals surface area contributed by atoms with E-state index in [1.54, 1.807) is 0 Å². The second kappa shape index (κ2) is 8.46. The molecule has 1 aliphatic carbocycles. The molecule has 2 aromatic carbocycles. The molecule has 0 saturated heterocycles. The van der Waals surface area contributed by atoms with E-state index < -0.39 is 11.9 Å². The van der Waals surface area contributed by atoms with Crippen molar-refractivity contribution in [2.24, 2.45) is 5.41 Å². The molecule has 0 saturated carbocycles. The van der Waals surface area contributed by atoms with Crippen molar-refractivity contribution in [1.29, 1.82) is 0 Å². The highest BCUT2D eigenvalue weighted by atomic mass is 79.9. The van der Waals surface area contributed by atoms with Crippen LogP contribution in [0.25, 0.3) is 0 Å². The number of dihydropyridines is 1. The number of benzene rings is 2. The van der Waals surface area contributed by atoms with Gasteiger partial charge >= 0.3 is 5.97 Å². The van der Waals surface area contributed by atoms with Gasteiger partial charge in [0.05, 0.1) is 5.57 Å². The summed E-state index contributed by atoms with van der Waals surface area (Å²) in [5, 5.41) is 3.37. The van der Waals surface area contributed by atoms with Crippen molar-refractivity contribution in [2.45, 2.75) is 46.1 Å². The number of hydrogen-bond acceptors (Lipinski definition) is 4. The highest BCUT2D eigenvalue weighted by molar-refractivity contribution is 9.10. The number of carbonyl (C=O) groups is 2. The van der Waals surface area contributed by atoms with Crippen molar-refractivity contribution in [3.8, 4) is 0 Å². The number of halogens is 1. The first-order valence-electron chi connectivity index (χ1n) is 10.5. The predicted octanol–water partition coefficient (Wildman–Crippen LogP) is 5.80. The quantitative estimate of drug-likeness (QED) is 0.563. The Hall–Kier alpha value is -2.66. The zero-order chi connectivity index (χ0) is 22.2. The van der Waals surface area contributed by atoms with Crippen LogP contribution in [0, 0.1) is 5.41 Å². The summed E-state index contributed by atoms with van der Waals surface area (Å²) >= 11 is 3.48. The Kier molecular flexibility index (Phi) is 5.89. The van der Waals surface area contributed by atoms with E-state index >= 15 is 0 Å². The number of rotatable bonds is 4. The van der Waals surface area contributed by atoms with Gasteiger partial charge in [0.15, 0.2) is 5.78 Å². The third-order valence-corrected chi connectivity index (χ3v) is 6.40. The lowest BCUT2D eigenvalue weighted by Crippen LogP contribution is -2.38. The lowest BCUT2D eigenvalue weighted by Gasteiger charge is -2.39. The van der Waals surface area contributed by atoms with Crippen LogP contribution in [0.3, 0.4) is 0 Å². The number of ether oxygens (including phenoxy) is 1. The molecule has 0 unspecified atom stereocenters. The molecule has 0 radical (unpaired) electrons. The third kappa shape index (κ3) is 4.52. The standard InChI is InChI=1S/C26H26BrNO3/c1-16-22(25(30)31-15-17-7-5-4-6-8-17)23(18-9-11-19(27)12-10-18)24-20(28-16)13-26(2,3)14-21(24)29/h4-12,23,28H,13-15H2,1-3H3/t23-/m0/s1. The summed E-state index contributed by atoms with van der Waals surface area (Å²) in [5.41, 5.74) is 4.59. The SMILES string of the molecule is CC1=C(C(=O)OCc2ccccc2)[C@H](c2ccc(Br)cc2)C2=C(CC(C)(C)CC2=O)N1. The monoisotopic (exact) mass is 479 g/mol. The van der Waals surface area contributed by atoms with Crippen LogP contribution in [0.5, 0.6) is 0 Å². The summed E-state index contributed by atoms with van der Waals surface area (Å²) in [6.07, 6.45) is 1.23. The normalized spacial score (nSPS) is 20.3. The zero-order valence-electron chi connectivity index (χ0n) is 18.0. The molecule has 5 heteroatoms. The van der Waals surface area contributed by atoms with Crippen molar-refractivity contribution >= 4 is 27.7 Å². The molecular weight excluding hydrogens is 454 g/mol. The minimum Gasteiger partial charge on any atom is -0.457 e. The number of esters is 1. The lowest BCUT2D eigenvalue weighted by molar-refractivity contribution is -0.140. The van der Waals surface area contributed by atoms with Crippen LogP contribution in [-0.4, -0.2) is 11.8 Å². The van der Waals surface area contributed by atoms with Crippen molar-refractivity contribution in [3.05, 3.63) is 92.7 Å². The number of carbonyl (C=O) groups excluding carboxylic acids is 2. The van der Waals surface area contributed by atoms with E-state index in [1.165, 1.54) is 0 Å². The summed E-state index contributed by atoms with van der Waals surface area (Å²) in [6, 6.07) is 17.4. The van der Waals surface area contributed by atoms with Crippen molar-refractivity contribution in [1.82, 2.24) is 5.32 Å². The maximum Gasteiger partial charge on any atom is 0.337 e. The second-order valence-corrected chi connectivity index (χ2v) is 9.96. The first-order valence-corrected chi connectivity index (χ1v) is 11.2. The van der Waals surface area contributed by atoms with Crippen LogP contribution < -0.4 is 5.32 Å². The van der Waals surface area contributed by atoms with Gasteiger partial charge in [-0.05, 0) is 42.0 Å². The van der Waals surface area contributed by atoms with Crippen LogP contribution >= 0.6 is 15.9 Å². The maximum atomic E-state index is 13.3. The number of Topliss-reactive ketones (excluding diaryl/α,β-unsaturated/α-hetero) is 1. The third-order valence-electron chi connectivity index (χ3n) is 5.88. The highest BCUT2D eigenvalue weighted by Gasteiger charge is 2.43. The Morgan fingerprint density at radius 1 is 1.10 bits per heavy atom. The van der Waals surface area contributed by atoms with Crippen molar-refractivity contribution in [2.75, 3.05) is 0 Å². The average molecular weight is 480 g/mol. The Balaban J connectivity index is 1.73. The van der Waals surface area contributed by atoms with E-state index in [2.05, 4.69) is 35.1 Å². The Morgan fingerprint density at radius 3 is 2.45 bits per heavy atom. The molecule has 1 aliphatic heterocycles. The Bertz CT molecular complexity index is 1080. The van der Waals surface area contributed by atoms with Crippen LogP contribution in [0.4, 0.5) is 0 Å². The molecule has 4 nitrogen and oxygen atoms in total. The molecule has 1 heterocycles. The molecule has 1 atom stereocenters. The van der Waals surface area contributed by atoms with Gasteiger partial charge in [-0.3, -0.25) is 4.79 Å². The lowest BCUT2D eigenvalue weighted by atomic mass is 9.68. The molecule has 4 rings (SSSR count). The molecule has 2 aliphatic rings. The molecule has 0 aromatic heterocycles. The van der Waals surface area contributed by atoms with E-state index in [9.17, 15) is 9.59 Å². The zero-order valence-corrected chi connectivity index (χ0v) is 19.6. The van der Waals surface area contributed by atoms with Crippen LogP contribution in [-0.2, 0) is 20.9 Å². The average Bonchev–Trinajstić information content (AvgIpc) is 2.71. The first-order chi connectivity index (χ1) is 14.7. The Morgan fingerprint density at radius 2 is 1.77 bits per heavy atom. The van der Waals surface area contributed by atoms with Gasteiger partial charge in [0.1, 0.15) is 6.61 Å². The molecule has 0 bridgehead atoms. The smallest absolute Gasteiger partial charge is 0.337 e. The molecular formula is C26H26BrNO3. The van der Waals surface area contributed by atoms with Crippen LogP contribution in [0.15, 0.2) is 81.6 Å². The van der Waals surface area contributed by atoms with Crippen LogP contribution in [0.1, 0.15) is 50.7 Å². The van der Waals surface area contributed by atoms with E-state index in [0.717, 1.165) is 33.4 Å². The first kappa shape index (κ1) is 21.6. The van der Waals surface area contributed by atoms with Gasteiger partial charge in [0.2, 0.25) is 0 Å². The number of nitrogens with one attached hydrogen (secondary N) is 1. The van der Waals surface area contributed by atoms with Crippen molar-refractivity contribution in [3.63, 3.8) is 0 Å². The summed E-state index contributed by atoms with van der Waals surface area (Å²) in [4.78, 5) is 26.5. The van der Waals surface area contributed by atoms with Gasteiger partial charge < -0.3 is 10.1 Å². The number of hydrogen-bond donors (Lipinski definition) is 1. The topological polar surface area (TPSA) is 55.4 Å². The van der Waals surface area contributed by atoms with E-state index in [4.69, 9.17) is 4.74 Å². The predicted molar refractivity (Wildman–Crippen MR) is 124 cm³/mol. The van der Waals surface area contributed by atoms with Gasteiger partial charge in [0, 0.05) is 33.8 Å². The molecule has 0 amide bonds. The fraction of sp³-hybridized carbons (Fsp3) is 0.308. The van der Waals surface area contributed by atoms with Crippen molar-refractivity contribution < 1.29 is 14.3 Å². The molecule has 31 heavy (non-hydrogen) atoms. The molecule has 0 spiro atoms. The highest BCUT2D eigenvalue weighted by Crippen LogP contribution is 2.46. The van der Waals surface area contributed by atoms with E-state index in [0.29, 0.717) is 17.6 Å². The molecule has 1 N–H and O–H groups in total. The van der Waals surface area contributed by atoms with Gasteiger partial charge in [-0.1, -0.05) is 72.2 Å². The molecule has 160 valence electrons. The van der Waals surface area contributed by atoms with Gasteiger partial charge in [-0.15, -0.1) is 0 Å². The fourth-order valence-corrected chi connectivity index (χ4v) is 4.76. The summed E-state index contributed by atoms with van der Waals surface area (Å²) in [7, 11) is 0.